The van der Waals surface area contributed by atoms with E-state index in [0.717, 1.165) is 11.3 Å². The molecule has 4 nitrogen and oxygen atoms in total. The zero-order valence-corrected chi connectivity index (χ0v) is 18.5. The minimum atomic E-state index is -1.88. The summed E-state index contributed by atoms with van der Waals surface area (Å²) in [7, 11) is -3.06. The molecule has 0 aliphatic heterocycles. The average Bonchev–Trinajstić information content (AvgIpc) is 2.40. The van der Waals surface area contributed by atoms with E-state index in [1.807, 2.05) is 39.8 Å². The maximum Gasteiger partial charge on any atom is 0.192 e. The van der Waals surface area contributed by atoms with Gasteiger partial charge in [-0.25, -0.2) is 8.93 Å². The molecule has 0 aliphatic carbocycles. The molecule has 0 saturated carbocycles. The number of hydrogen-bond donors (Lipinski definition) is 1. The Hall–Kier alpha value is -0.563. The second kappa shape index (κ2) is 7.77. The fourth-order valence-electron chi connectivity index (χ4n) is 1.74. The first-order valence-electron chi connectivity index (χ1n) is 8.48. The second-order valence-electron chi connectivity index (χ2n) is 8.88. The Balaban J connectivity index is 3.00. The topological polar surface area (TPSA) is 51.2 Å². The molecule has 1 aromatic heterocycles. The van der Waals surface area contributed by atoms with Gasteiger partial charge in [-0.15, -0.1) is 0 Å². The van der Waals surface area contributed by atoms with Crippen LogP contribution in [0, 0.1) is 6.92 Å². The smallest absolute Gasteiger partial charge is 0.192 e. The predicted molar refractivity (Wildman–Crippen MR) is 106 cm³/mol. The van der Waals surface area contributed by atoms with E-state index in [2.05, 4.69) is 43.6 Å². The van der Waals surface area contributed by atoms with Crippen LogP contribution in [-0.4, -0.2) is 28.9 Å². The first-order chi connectivity index (χ1) is 10.7. The van der Waals surface area contributed by atoms with Crippen LogP contribution in [-0.2, 0) is 15.4 Å². The Bertz CT molecular complexity index is 577. The lowest BCUT2D eigenvalue weighted by Crippen LogP contribution is -2.44. The van der Waals surface area contributed by atoms with E-state index in [4.69, 9.17) is 4.43 Å². The highest BCUT2D eigenvalue weighted by atomic mass is 32.2. The lowest BCUT2D eigenvalue weighted by molar-refractivity contribution is 0.255. The first-order valence-corrected chi connectivity index (χ1v) is 12.5. The summed E-state index contributed by atoms with van der Waals surface area (Å²) >= 11 is 0. The second-order valence-corrected chi connectivity index (χ2v) is 15.7. The van der Waals surface area contributed by atoms with Gasteiger partial charge >= 0.3 is 0 Å². The van der Waals surface area contributed by atoms with E-state index in [-0.39, 0.29) is 15.8 Å². The van der Waals surface area contributed by atoms with Crippen molar-refractivity contribution in [3.05, 3.63) is 29.6 Å². The summed E-state index contributed by atoms with van der Waals surface area (Å²) in [5.74, 6) is 0. The van der Waals surface area contributed by atoms with Crippen LogP contribution in [0.3, 0.4) is 0 Å². The van der Waals surface area contributed by atoms with Crippen molar-refractivity contribution in [2.24, 2.45) is 0 Å². The van der Waals surface area contributed by atoms with Gasteiger partial charge in [-0.3, -0.25) is 4.98 Å². The number of nitrogens with zero attached hydrogens (tertiary/aromatic N) is 1. The molecule has 6 heteroatoms. The lowest BCUT2D eigenvalue weighted by Gasteiger charge is -2.37. The number of aryl methyl sites for hydroxylation is 1. The first kappa shape index (κ1) is 21.5. The molecule has 0 unspecified atom stereocenters. The number of nitrogens with one attached hydrogen (secondary N) is 1. The molecule has 0 radical (unpaired) electrons. The highest BCUT2D eigenvalue weighted by Crippen LogP contribution is 2.37. The lowest BCUT2D eigenvalue weighted by atomic mass is 10.1. The molecule has 2 atom stereocenters. The summed E-state index contributed by atoms with van der Waals surface area (Å²) < 4.78 is 21.8. The van der Waals surface area contributed by atoms with Crippen molar-refractivity contribution >= 4 is 19.3 Å². The van der Waals surface area contributed by atoms with Gasteiger partial charge < -0.3 is 4.43 Å². The van der Waals surface area contributed by atoms with Crippen LogP contribution in [0.1, 0.15) is 58.8 Å². The van der Waals surface area contributed by atoms with E-state index in [1.54, 1.807) is 6.20 Å². The fourth-order valence-corrected chi connectivity index (χ4v) is 3.56. The summed E-state index contributed by atoms with van der Waals surface area (Å²) in [4.78, 5) is 4.48. The highest BCUT2D eigenvalue weighted by Gasteiger charge is 2.38. The van der Waals surface area contributed by atoms with Gasteiger partial charge in [-0.05, 0) is 63.5 Å². The van der Waals surface area contributed by atoms with Gasteiger partial charge in [0.2, 0.25) is 0 Å². The quantitative estimate of drug-likeness (QED) is 0.750. The SMILES string of the molecule is Cc1ccnc([C@@H](CO[Si](C)(C)C(C)(C)C)N[S@@](=O)C(C)(C)C)c1. The minimum Gasteiger partial charge on any atom is -0.415 e. The molecular weight excluding hydrogens is 336 g/mol. The molecule has 0 aliphatic rings. The normalized spacial score (nSPS) is 16.0. The molecule has 0 saturated heterocycles. The van der Waals surface area contributed by atoms with Gasteiger partial charge in [-0.2, -0.15) is 0 Å². The Morgan fingerprint density at radius 2 is 1.83 bits per heavy atom. The van der Waals surface area contributed by atoms with Crippen molar-refractivity contribution in [1.82, 2.24) is 9.71 Å². The molecular formula is C18H34N2O2SSi. The Kier molecular flexibility index (Phi) is 6.95. The van der Waals surface area contributed by atoms with Gasteiger partial charge in [0.1, 0.15) is 0 Å². The van der Waals surface area contributed by atoms with Gasteiger partial charge in [0.05, 0.1) is 34.1 Å². The molecule has 0 fully saturated rings. The van der Waals surface area contributed by atoms with Crippen molar-refractivity contribution < 1.29 is 8.63 Å². The molecule has 24 heavy (non-hydrogen) atoms. The molecule has 0 aromatic carbocycles. The van der Waals surface area contributed by atoms with Crippen LogP contribution >= 0.6 is 0 Å². The summed E-state index contributed by atoms with van der Waals surface area (Å²) in [6.07, 6.45) is 1.80. The van der Waals surface area contributed by atoms with Crippen molar-refractivity contribution in [1.29, 1.82) is 0 Å². The third kappa shape index (κ3) is 6.06. The average molecular weight is 371 g/mol. The Labute approximate surface area is 151 Å². The van der Waals surface area contributed by atoms with E-state index in [0.29, 0.717) is 6.61 Å². The van der Waals surface area contributed by atoms with Gasteiger partial charge in [-0.1, -0.05) is 20.8 Å². The third-order valence-electron chi connectivity index (χ3n) is 4.52. The van der Waals surface area contributed by atoms with Crippen molar-refractivity contribution in [2.45, 2.75) is 77.4 Å². The summed E-state index contributed by atoms with van der Waals surface area (Å²) in [5, 5.41) is 0.140. The van der Waals surface area contributed by atoms with E-state index in [9.17, 15) is 4.21 Å². The number of hydrogen-bond acceptors (Lipinski definition) is 3. The van der Waals surface area contributed by atoms with Crippen molar-refractivity contribution in [3.63, 3.8) is 0 Å². The standard InChI is InChI=1S/C18H34N2O2SSi/c1-14-10-11-19-15(12-14)16(20-23(21)17(2,3)4)13-22-24(8,9)18(5,6)7/h10-12,16,20H,13H2,1-9H3/t16-,23+/m1/s1. The van der Waals surface area contributed by atoms with Gasteiger partial charge in [0.15, 0.2) is 8.32 Å². The van der Waals surface area contributed by atoms with Crippen LogP contribution in [0.2, 0.25) is 18.1 Å². The van der Waals surface area contributed by atoms with Crippen molar-refractivity contribution in [3.8, 4) is 0 Å². The number of pyridine rings is 1. The summed E-state index contributed by atoms with van der Waals surface area (Å²) in [5.41, 5.74) is 2.02. The zero-order chi connectivity index (χ0) is 18.8. The zero-order valence-electron chi connectivity index (χ0n) is 16.7. The monoisotopic (exact) mass is 370 g/mol. The molecule has 0 bridgehead atoms. The van der Waals surface area contributed by atoms with Crippen LogP contribution < -0.4 is 4.72 Å². The summed E-state index contributed by atoms with van der Waals surface area (Å²) in [6, 6.07) is 3.82. The number of rotatable bonds is 6. The van der Waals surface area contributed by atoms with Gasteiger partial charge in [0, 0.05) is 6.20 Å². The van der Waals surface area contributed by atoms with Crippen LogP contribution in [0.25, 0.3) is 0 Å². The third-order valence-corrected chi connectivity index (χ3v) is 10.6. The molecule has 1 aromatic rings. The van der Waals surface area contributed by atoms with Crippen LogP contribution in [0.4, 0.5) is 0 Å². The molecule has 1 rings (SSSR count). The van der Waals surface area contributed by atoms with Crippen molar-refractivity contribution in [2.75, 3.05) is 6.61 Å². The van der Waals surface area contributed by atoms with E-state index in [1.165, 1.54) is 0 Å². The molecule has 1 N–H and O–H groups in total. The minimum absolute atomic E-state index is 0.140. The molecule has 0 spiro atoms. The summed E-state index contributed by atoms with van der Waals surface area (Å²) in [6.45, 7) is 19.5. The van der Waals surface area contributed by atoms with E-state index >= 15 is 0 Å². The Morgan fingerprint density at radius 1 is 1.25 bits per heavy atom. The fraction of sp³-hybridized carbons (Fsp3) is 0.722. The molecule has 1 heterocycles. The highest BCUT2D eigenvalue weighted by molar-refractivity contribution is 7.84. The van der Waals surface area contributed by atoms with E-state index < -0.39 is 19.3 Å². The van der Waals surface area contributed by atoms with Gasteiger partial charge in [0.25, 0.3) is 0 Å². The molecule has 138 valence electrons. The number of aromatic nitrogens is 1. The largest absolute Gasteiger partial charge is 0.415 e. The Morgan fingerprint density at radius 3 is 2.29 bits per heavy atom. The molecule has 0 amide bonds. The van der Waals surface area contributed by atoms with Crippen LogP contribution in [0.15, 0.2) is 18.3 Å². The predicted octanol–water partition coefficient (Wildman–Crippen LogP) is 4.50. The van der Waals surface area contributed by atoms with Crippen LogP contribution in [0.5, 0.6) is 0 Å². The maximum absolute atomic E-state index is 12.6. The maximum atomic E-state index is 12.6.